The van der Waals surface area contributed by atoms with E-state index in [-0.39, 0.29) is 12.2 Å². The molecule has 0 aromatic heterocycles. The van der Waals surface area contributed by atoms with E-state index in [1.807, 2.05) is 18.2 Å². The number of morpholine rings is 1. The summed E-state index contributed by atoms with van der Waals surface area (Å²) in [6, 6.07) is 11.0. The van der Waals surface area contributed by atoms with Crippen LogP contribution in [0.5, 0.6) is 0 Å². The van der Waals surface area contributed by atoms with Gasteiger partial charge < -0.3 is 9.84 Å². The minimum absolute atomic E-state index is 0.00179. The lowest BCUT2D eigenvalue weighted by molar-refractivity contribution is -0.103. The van der Waals surface area contributed by atoms with Crippen LogP contribution in [-0.4, -0.2) is 48.0 Å². The van der Waals surface area contributed by atoms with Crippen molar-refractivity contribution >= 4 is 0 Å². The van der Waals surface area contributed by atoms with Crippen LogP contribution in [0.3, 0.4) is 0 Å². The number of hydrogen-bond acceptors (Lipinski definition) is 3. The molecule has 19 heavy (non-hydrogen) atoms. The molecule has 2 aliphatic heterocycles. The molecule has 0 bridgehead atoms. The highest BCUT2D eigenvalue weighted by molar-refractivity contribution is 5.14. The van der Waals surface area contributed by atoms with Gasteiger partial charge in [0.25, 0.3) is 0 Å². The van der Waals surface area contributed by atoms with Gasteiger partial charge in [0.1, 0.15) is 0 Å². The van der Waals surface area contributed by atoms with E-state index in [0.717, 1.165) is 26.0 Å². The molecule has 2 heterocycles. The normalized spacial score (nSPS) is 29.1. The van der Waals surface area contributed by atoms with Crippen LogP contribution in [0.1, 0.15) is 24.8 Å². The Hall–Kier alpha value is -0.900. The summed E-state index contributed by atoms with van der Waals surface area (Å²) in [5.41, 5.74) is 1.29. The van der Waals surface area contributed by atoms with Crippen molar-refractivity contribution in [3.05, 3.63) is 35.9 Å². The number of aliphatic hydroxyl groups is 1. The van der Waals surface area contributed by atoms with Crippen molar-refractivity contribution in [3.63, 3.8) is 0 Å². The SMILES string of the molecule is OC(CCc1ccccc1)C1CN2CCCC2CO1. The molecule has 1 aromatic rings. The summed E-state index contributed by atoms with van der Waals surface area (Å²) in [6.45, 7) is 2.88. The summed E-state index contributed by atoms with van der Waals surface area (Å²) in [6.07, 6.45) is 3.89. The second kappa shape index (κ2) is 6.04. The zero-order valence-corrected chi connectivity index (χ0v) is 11.4. The molecule has 104 valence electrons. The van der Waals surface area contributed by atoms with Gasteiger partial charge in [0, 0.05) is 12.6 Å². The quantitative estimate of drug-likeness (QED) is 0.898. The molecule has 2 fully saturated rings. The number of ether oxygens (including phenoxy) is 1. The van der Waals surface area contributed by atoms with Crippen LogP contribution in [-0.2, 0) is 11.2 Å². The van der Waals surface area contributed by atoms with Gasteiger partial charge in [-0.05, 0) is 37.8 Å². The van der Waals surface area contributed by atoms with E-state index < -0.39 is 0 Å². The van der Waals surface area contributed by atoms with Gasteiger partial charge in [-0.2, -0.15) is 0 Å². The molecule has 3 heteroatoms. The molecule has 2 saturated heterocycles. The van der Waals surface area contributed by atoms with E-state index in [1.54, 1.807) is 0 Å². The van der Waals surface area contributed by atoms with Gasteiger partial charge >= 0.3 is 0 Å². The van der Waals surface area contributed by atoms with E-state index in [1.165, 1.54) is 24.9 Å². The Morgan fingerprint density at radius 1 is 1.32 bits per heavy atom. The van der Waals surface area contributed by atoms with Gasteiger partial charge in [-0.3, -0.25) is 4.90 Å². The number of benzene rings is 1. The van der Waals surface area contributed by atoms with Crippen LogP contribution in [0.2, 0.25) is 0 Å². The van der Waals surface area contributed by atoms with Gasteiger partial charge in [-0.25, -0.2) is 0 Å². The molecule has 1 N–H and O–H groups in total. The van der Waals surface area contributed by atoms with Gasteiger partial charge in [-0.1, -0.05) is 30.3 Å². The molecule has 1 aromatic carbocycles. The molecule has 3 nitrogen and oxygen atoms in total. The predicted octanol–water partition coefficient (Wildman–Crippen LogP) is 1.84. The highest BCUT2D eigenvalue weighted by Gasteiger charge is 2.34. The smallest absolute Gasteiger partial charge is 0.0961 e. The highest BCUT2D eigenvalue weighted by Crippen LogP contribution is 2.24. The molecule has 0 spiro atoms. The van der Waals surface area contributed by atoms with Gasteiger partial charge in [0.05, 0.1) is 18.8 Å². The van der Waals surface area contributed by atoms with Crippen LogP contribution < -0.4 is 0 Å². The van der Waals surface area contributed by atoms with E-state index in [4.69, 9.17) is 4.74 Å². The number of aryl methyl sites for hydroxylation is 1. The summed E-state index contributed by atoms with van der Waals surface area (Å²) in [5, 5.41) is 10.3. The average molecular weight is 261 g/mol. The summed E-state index contributed by atoms with van der Waals surface area (Å²) in [4.78, 5) is 2.49. The Labute approximate surface area is 115 Å². The Balaban J connectivity index is 1.49. The van der Waals surface area contributed by atoms with Crippen LogP contribution in [0.25, 0.3) is 0 Å². The third-order valence-electron chi connectivity index (χ3n) is 4.42. The monoisotopic (exact) mass is 261 g/mol. The minimum atomic E-state index is -0.346. The maximum atomic E-state index is 10.3. The number of hydrogen-bond donors (Lipinski definition) is 1. The van der Waals surface area contributed by atoms with E-state index in [0.29, 0.717) is 6.04 Å². The molecular weight excluding hydrogens is 238 g/mol. The van der Waals surface area contributed by atoms with Crippen LogP contribution in [0, 0.1) is 0 Å². The van der Waals surface area contributed by atoms with E-state index >= 15 is 0 Å². The first-order valence-corrected chi connectivity index (χ1v) is 7.40. The summed E-state index contributed by atoms with van der Waals surface area (Å²) in [5.74, 6) is 0. The van der Waals surface area contributed by atoms with Gasteiger partial charge in [-0.15, -0.1) is 0 Å². The average Bonchev–Trinajstić information content (AvgIpc) is 2.93. The van der Waals surface area contributed by atoms with Crippen LogP contribution >= 0.6 is 0 Å². The Morgan fingerprint density at radius 3 is 3.00 bits per heavy atom. The Morgan fingerprint density at radius 2 is 2.16 bits per heavy atom. The zero-order valence-electron chi connectivity index (χ0n) is 11.4. The first kappa shape index (κ1) is 13.1. The molecular formula is C16H23NO2. The minimum Gasteiger partial charge on any atom is -0.390 e. The first-order chi connectivity index (χ1) is 9.33. The summed E-state index contributed by atoms with van der Waals surface area (Å²) >= 11 is 0. The molecule has 3 atom stereocenters. The van der Waals surface area contributed by atoms with Crippen molar-refractivity contribution < 1.29 is 9.84 Å². The Bertz CT molecular complexity index is 395. The molecule has 0 radical (unpaired) electrons. The van der Waals surface area contributed by atoms with Crippen LogP contribution in [0.4, 0.5) is 0 Å². The fourth-order valence-electron chi connectivity index (χ4n) is 3.22. The standard InChI is InChI=1S/C16H23NO2/c18-15(9-8-13-5-2-1-3-6-13)16-11-17-10-4-7-14(17)12-19-16/h1-3,5-6,14-16,18H,4,7-12H2. The fraction of sp³-hybridized carbons (Fsp3) is 0.625. The zero-order chi connectivity index (χ0) is 13.1. The molecule has 0 saturated carbocycles. The van der Waals surface area contributed by atoms with Crippen molar-refractivity contribution in [1.29, 1.82) is 0 Å². The van der Waals surface area contributed by atoms with Crippen molar-refractivity contribution in [2.75, 3.05) is 19.7 Å². The van der Waals surface area contributed by atoms with E-state index in [2.05, 4.69) is 17.0 Å². The maximum Gasteiger partial charge on any atom is 0.0961 e. The highest BCUT2D eigenvalue weighted by atomic mass is 16.5. The molecule has 0 aliphatic carbocycles. The molecule has 3 rings (SSSR count). The van der Waals surface area contributed by atoms with Gasteiger partial charge in [0.15, 0.2) is 0 Å². The third kappa shape index (κ3) is 3.16. The number of nitrogens with zero attached hydrogens (tertiary/aromatic N) is 1. The number of fused-ring (bicyclic) bond motifs is 1. The largest absolute Gasteiger partial charge is 0.390 e. The van der Waals surface area contributed by atoms with Gasteiger partial charge in [0.2, 0.25) is 0 Å². The lowest BCUT2D eigenvalue weighted by Crippen LogP contribution is -2.50. The van der Waals surface area contributed by atoms with Crippen molar-refractivity contribution in [1.82, 2.24) is 4.90 Å². The third-order valence-corrected chi connectivity index (χ3v) is 4.42. The second-order valence-electron chi connectivity index (χ2n) is 5.75. The van der Waals surface area contributed by atoms with E-state index in [9.17, 15) is 5.11 Å². The topological polar surface area (TPSA) is 32.7 Å². The second-order valence-corrected chi connectivity index (χ2v) is 5.75. The lowest BCUT2D eigenvalue weighted by atomic mass is 10.0. The first-order valence-electron chi connectivity index (χ1n) is 7.40. The van der Waals surface area contributed by atoms with Crippen LogP contribution in [0.15, 0.2) is 30.3 Å². The lowest BCUT2D eigenvalue weighted by Gasteiger charge is -2.37. The molecule has 2 aliphatic rings. The molecule has 0 amide bonds. The Kier molecular flexibility index (Phi) is 4.16. The number of aliphatic hydroxyl groups excluding tert-OH is 1. The predicted molar refractivity (Wildman–Crippen MR) is 75.1 cm³/mol. The maximum absolute atomic E-state index is 10.3. The van der Waals surface area contributed by atoms with Crippen molar-refractivity contribution in [2.45, 2.75) is 43.9 Å². The summed E-state index contributed by atoms with van der Waals surface area (Å²) < 4.78 is 5.85. The van der Waals surface area contributed by atoms with Crippen molar-refractivity contribution in [3.8, 4) is 0 Å². The van der Waals surface area contributed by atoms with Crippen molar-refractivity contribution in [2.24, 2.45) is 0 Å². The summed E-state index contributed by atoms with van der Waals surface area (Å²) in [7, 11) is 0. The molecule has 3 unspecified atom stereocenters. The fourth-order valence-corrected chi connectivity index (χ4v) is 3.22. The number of rotatable bonds is 4.